The number of rotatable bonds is 4. The molecule has 4 nitrogen and oxygen atoms in total. The SMILES string of the molecule is CC[C@H](C)C(C)=NNC(=O)c1ccncc1. The highest BCUT2D eigenvalue weighted by Gasteiger charge is 2.05. The summed E-state index contributed by atoms with van der Waals surface area (Å²) >= 11 is 0. The van der Waals surface area contributed by atoms with E-state index in [1.807, 2.05) is 6.92 Å². The summed E-state index contributed by atoms with van der Waals surface area (Å²) in [7, 11) is 0. The molecule has 86 valence electrons. The summed E-state index contributed by atoms with van der Waals surface area (Å²) in [6.45, 7) is 6.09. The Hall–Kier alpha value is -1.71. The summed E-state index contributed by atoms with van der Waals surface area (Å²) in [5, 5.41) is 4.07. The van der Waals surface area contributed by atoms with Crippen molar-refractivity contribution >= 4 is 11.6 Å². The van der Waals surface area contributed by atoms with Gasteiger partial charge in [-0.25, -0.2) is 5.43 Å². The van der Waals surface area contributed by atoms with Crippen molar-refractivity contribution in [2.24, 2.45) is 11.0 Å². The summed E-state index contributed by atoms with van der Waals surface area (Å²) in [6, 6.07) is 3.31. The molecule has 0 aliphatic heterocycles. The molecule has 0 aliphatic rings. The van der Waals surface area contributed by atoms with Crippen molar-refractivity contribution in [3.8, 4) is 0 Å². The van der Waals surface area contributed by atoms with Crippen molar-refractivity contribution in [1.29, 1.82) is 0 Å². The van der Waals surface area contributed by atoms with Crippen LogP contribution in [0.3, 0.4) is 0 Å². The molecule has 1 amide bonds. The van der Waals surface area contributed by atoms with Crippen LogP contribution in [0.1, 0.15) is 37.6 Å². The maximum Gasteiger partial charge on any atom is 0.271 e. The molecule has 0 unspecified atom stereocenters. The molecule has 1 heterocycles. The molecule has 0 saturated carbocycles. The predicted molar refractivity (Wildman–Crippen MR) is 64.3 cm³/mol. The van der Waals surface area contributed by atoms with E-state index in [-0.39, 0.29) is 5.91 Å². The Morgan fingerprint density at radius 2 is 2.12 bits per heavy atom. The summed E-state index contributed by atoms with van der Waals surface area (Å²) in [4.78, 5) is 15.5. The molecule has 0 aromatic carbocycles. The highest BCUT2D eigenvalue weighted by Crippen LogP contribution is 2.03. The zero-order valence-corrected chi connectivity index (χ0v) is 9.90. The monoisotopic (exact) mass is 219 g/mol. The van der Waals surface area contributed by atoms with Crippen molar-refractivity contribution in [2.45, 2.75) is 27.2 Å². The molecule has 1 aromatic rings. The van der Waals surface area contributed by atoms with Crippen LogP contribution in [0.4, 0.5) is 0 Å². The van der Waals surface area contributed by atoms with Crippen LogP contribution >= 0.6 is 0 Å². The smallest absolute Gasteiger partial charge is 0.267 e. The van der Waals surface area contributed by atoms with Crippen LogP contribution in [0, 0.1) is 5.92 Å². The van der Waals surface area contributed by atoms with E-state index < -0.39 is 0 Å². The first-order valence-corrected chi connectivity index (χ1v) is 5.39. The first kappa shape index (κ1) is 12.4. The van der Waals surface area contributed by atoms with Gasteiger partial charge in [0.2, 0.25) is 0 Å². The summed E-state index contributed by atoms with van der Waals surface area (Å²) < 4.78 is 0. The lowest BCUT2D eigenvalue weighted by Crippen LogP contribution is -2.20. The number of amides is 1. The molecule has 0 saturated heterocycles. The fraction of sp³-hybridized carbons (Fsp3) is 0.417. The number of aromatic nitrogens is 1. The van der Waals surface area contributed by atoms with Gasteiger partial charge >= 0.3 is 0 Å². The molecular weight excluding hydrogens is 202 g/mol. The van der Waals surface area contributed by atoms with Gasteiger partial charge < -0.3 is 0 Å². The largest absolute Gasteiger partial charge is 0.271 e. The van der Waals surface area contributed by atoms with Crippen molar-refractivity contribution in [2.75, 3.05) is 0 Å². The minimum Gasteiger partial charge on any atom is -0.267 e. The minimum absolute atomic E-state index is 0.204. The molecule has 0 fully saturated rings. The third-order valence-electron chi connectivity index (χ3n) is 2.60. The molecule has 4 heteroatoms. The van der Waals surface area contributed by atoms with Crippen molar-refractivity contribution in [3.63, 3.8) is 0 Å². The van der Waals surface area contributed by atoms with Crippen molar-refractivity contribution in [1.82, 2.24) is 10.4 Å². The van der Waals surface area contributed by atoms with Gasteiger partial charge in [0.25, 0.3) is 5.91 Å². The number of hydrazone groups is 1. The summed E-state index contributed by atoms with van der Waals surface area (Å²) in [5.41, 5.74) is 4.04. The van der Waals surface area contributed by atoms with Gasteiger partial charge in [0, 0.05) is 23.7 Å². The van der Waals surface area contributed by atoms with E-state index in [1.54, 1.807) is 24.5 Å². The lowest BCUT2D eigenvalue weighted by Gasteiger charge is -2.07. The lowest BCUT2D eigenvalue weighted by atomic mass is 10.1. The van der Waals surface area contributed by atoms with Crippen LogP contribution < -0.4 is 5.43 Å². The molecule has 0 radical (unpaired) electrons. The van der Waals surface area contributed by atoms with Gasteiger partial charge in [0.1, 0.15) is 0 Å². The Bertz CT molecular complexity index is 373. The zero-order valence-electron chi connectivity index (χ0n) is 9.90. The van der Waals surface area contributed by atoms with Crippen LogP contribution in [0.5, 0.6) is 0 Å². The molecule has 16 heavy (non-hydrogen) atoms. The Morgan fingerprint density at radius 1 is 1.50 bits per heavy atom. The molecule has 1 atom stereocenters. The maximum absolute atomic E-state index is 11.6. The van der Waals surface area contributed by atoms with E-state index in [1.165, 1.54) is 0 Å². The van der Waals surface area contributed by atoms with Crippen molar-refractivity contribution < 1.29 is 4.79 Å². The molecule has 1 N–H and O–H groups in total. The van der Waals surface area contributed by atoms with Crippen LogP contribution in [0.2, 0.25) is 0 Å². The number of nitrogens with zero attached hydrogens (tertiary/aromatic N) is 2. The number of carbonyl (C=O) groups is 1. The van der Waals surface area contributed by atoms with Gasteiger partial charge in [-0.1, -0.05) is 13.8 Å². The van der Waals surface area contributed by atoms with Gasteiger partial charge in [-0.15, -0.1) is 0 Å². The highest BCUT2D eigenvalue weighted by atomic mass is 16.2. The normalized spacial score (nSPS) is 13.3. The third kappa shape index (κ3) is 3.46. The summed E-state index contributed by atoms with van der Waals surface area (Å²) in [5.74, 6) is 0.183. The maximum atomic E-state index is 11.6. The second-order valence-electron chi connectivity index (χ2n) is 3.74. The topological polar surface area (TPSA) is 54.4 Å². The highest BCUT2D eigenvalue weighted by molar-refractivity contribution is 5.95. The van der Waals surface area contributed by atoms with Gasteiger partial charge in [0.15, 0.2) is 0 Å². The third-order valence-corrected chi connectivity index (χ3v) is 2.60. The van der Waals surface area contributed by atoms with Crippen LogP contribution in [0.25, 0.3) is 0 Å². The first-order chi connectivity index (χ1) is 7.65. The fourth-order valence-electron chi connectivity index (χ4n) is 1.11. The van der Waals surface area contributed by atoms with E-state index >= 15 is 0 Å². The Kier molecular flexibility index (Phi) is 4.64. The predicted octanol–water partition coefficient (Wildman–Crippen LogP) is 2.23. The number of pyridine rings is 1. The zero-order chi connectivity index (χ0) is 12.0. The Balaban J connectivity index is 2.60. The number of hydrogen-bond acceptors (Lipinski definition) is 3. The number of hydrogen-bond donors (Lipinski definition) is 1. The fourth-order valence-corrected chi connectivity index (χ4v) is 1.11. The van der Waals surface area contributed by atoms with E-state index in [0.29, 0.717) is 11.5 Å². The van der Waals surface area contributed by atoms with Crippen LogP contribution in [-0.2, 0) is 0 Å². The average molecular weight is 219 g/mol. The van der Waals surface area contributed by atoms with Crippen molar-refractivity contribution in [3.05, 3.63) is 30.1 Å². The molecule has 0 spiro atoms. The lowest BCUT2D eigenvalue weighted by molar-refractivity contribution is 0.0954. The summed E-state index contributed by atoms with van der Waals surface area (Å²) in [6.07, 6.45) is 4.18. The number of carbonyl (C=O) groups excluding carboxylic acids is 1. The minimum atomic E-state index is -0.204. The second kappa shape index (κ2) is 6.00. The number of nitrogens with one attached hydrogen (secondary N) is 1. The van der Waals surface area contributed by atoms with Crippen LogP contribution in [-0.4, -0.2) is 16.6 Å². The quantitative estimate of drug-likeness (QED) is 0.623. The molecule has 1 aromatic heterocycles. The Labute approximate surface area is 95.8 Å². The molecular formula is C12H17N3O. The van der Waals surface area contributed by atoms with Gasteiger partial charge in [-0.05, 0) is 31.4 Å². The van der Waals surface area contributed by atoms with E-state index in [0.717, 1.165) is 12.1 Å². The van der Waals surface area contributed by atoms with E-state index in [4.69, 9.17) is 0 Å². The standard InChI is InChI=1S/C12H17N3O/c1-4-9(2)10(3)14-15-12(16)11-5-7-13-8-6-11/h5-9H,4H2,1-3H3,(H,15,16)/t9-/m0/s1. The van der Waals surface area contributed by atoms with Gasteiger partial charge in [-0.3, -0.25) is 9.78 Å². The van der Waals surface area contributed by atoms with Gasteiger partial charge in [0.05, 0.1) is 0 Å². The van der Waals surface area contributed by atoms with E-state index in [9.17, 15) is 4.79 Å². The molecule has 0 aliphatic carbocycles. The van der Waals surface area contributed by atoms with Crippen LogP contribution in [0.15, 0.2) is 29.6 Å². The second-order valence-corrected chi connectivity index (χ2v) is 3.74. The first-order valence-electron chi connectivity index (χ1n) is 5.39. The molecule has 1 rings (SSSR count). The van der Waals surface area contributed by atoms with E-state index in [2.05, 4.69) is 29.4 Å². The molecule has 0 bridgehead atoms. The average Bonchev–Trinajstić information content (AvgIpc) is 2.35. The van der Waals surface area contributed by atoms with Gasteiger partial charge in [-0.2, -0.15) is 5.10 Å². The Morgan fingerprint density at radius 3 is 2.69 bits per heavy atom.